The first-order chi connectivity index (χ1) is 5.45. The minimum absolute atomic E-state index is 0.179. The van der Waals surface area contributed by atoms with Gasteiger partial charge in [-0.25, -0.2) is 8.42 Å². The van der Waals surface area contributed by atoms with Crippen LogP contribution in [0.25, 0.3) is 0 Å². The molecule has 0 aromatic rings. The van der Waals surface area contributed by atoms with Crippen LogP contribution in [0.4, 0.5) is 0 Å². The van der Waals surface area contributed by atoms with Crippen LogP contribution in [0.1, 0.15) is 12.8 Å². The van der Waals surface area contributed by atoms with E-state index in [-0.39, 0.29) is 11.9 Å². The van der Waals surface area contributed by atoms with Crippen molar-refractivity contribution in [2.75, 3.05) is 24.0 Å². The fourth-order valence-corrected chi connectivity index (χ4v) is 2.10. The zero-order valence-electron chi connectivity index (χ0n) is 7.49. The standard InChI is InChI=1S/C7H16O3S2/c1-11-6-7(8)4-3-5-12(2,9)10/h7-8H,3-6H2,1-2H3. The highest BCUT2D eigenvalue weighted by atomic mass is 32.2. The number of aliphatic hydroxyl groups excluding tert-OH is 1. The molecule has 0 aromatic carbocycles. The Morgan fingerprint density at radius 2 is 2.08 bits per heavy atom. The average Bonchev–Trinajstić information content (AvgIpc) is 1.84. The molecule has 3 nitrogen and oxygen atoms in total. The van der Waals surface area contributed by atoms with Crippen molar-refractivity contribution in [3.8, 4) is 0 Å². The Morgan fingerprint density at radius 1 is 1.50 bits per heavy atom. The Kier molecular flexibility index (Phi) is 5.96. The molecule has 0 rings (SSSR count). The van der Waals surface area contributed by atoms with Crippen LogP contribution in [0, 0.1) is 0 Å². The van der Waals surface area contributed by atoms with E-state index in [0.29, 0.717) is 18.6 Å². The summed E-state index contributed by atoms with van der Waals surface area (Å²) in [6, 6.07) is 0. The summed E-state index contributed by atoms with van der Waals surface area (Å²) >= 11 is 1.57. The van der Waals surface area contributed by atoms with E-state index in [9.17, 15) is 13.5 Å². The summed E-state index contributed by atoms with van der Waals surface area (Å²) in [6.45, 7) is 0. The maximum Gasteiger partial charge on any atom is 0.147 e. The third-order valence-corrected chi connectivity index (χ3v) is 3.16. The van der Waals surface area contributed by atoms with Crippen LogP contribution in [0.2, 0.25) is 0 Å². The van der Waals surface area contributed by atoms with Gasteiger partial charge in [-0.3, -0.25) is 0 Å². The maximum atomic E-state index is 10.7. The van der Waals surface area contributed by atoms with Crippen LogP contribution in [0.15, 0.2) is 0 Å². The lowest BCUT2D eigenvalue weighted by atomic mass is 10.2. The average molecular weight is 212 g/mol. The zero-order valence-corrected chi connectivity index (χ0v) is 9.12. The minimum atomic E-state index is -2.85. The van der Waals surface area contributed by atoms with Crippen molar-refractivity contribution in [3.05, 3.63) is 0 Å². The molecule has 0 radical (unpaired) electrons. The van der Waals surface area contributed by atoms with E-state index in [0.717, 1.165) is 0 Å². The first-order valence-electron chi connectivity index (χ1n) is 3.80. The third kappa shape index (κ3) is 8.36. The fraction of sp³-hybridized carbons (Fsp3) is 1.00. The van der Waals surface area contributed by atoms with E-state index >= 15 is 0 Å². The largest absolute Gasteiger partial charge is 0.392 e. The predicted molar refractivity (Wildman–Crippen MR) is 53.3 cm³/mol. The molecule has 0 saturated carbocycles. The molecule has 74 valence electrons. The fourth-order valence-electron chi connectivity index (χ4n) is 0.857. The molecule has 5 heteroatoms. The lowest BCUT2D eigenvalue weighted by Gasteiger charge is -2.07. The molecule has 0 aliphatic heterocycles. The van der Waals surface area contributed by atoms with Gasteiger partial charge in [0.05, 0.1) is 6.10 Å². The molecule has 0 heterocycles. The highest BCUT2D eigenvalue weighted by molar-refractivity contribution is 7.98. The maximum absolute atomic E-state index is 10.7. The topological polar surface area (TPSA) is 54.4 Å². The molecule has 0 amide bonds. The van der Waals surface area contributed by atoms with E-state index in [4.69, 9.17) is 0 Å². The van der Waals surface area contributed by atoms with E-state index in [1.807, 2.05) is 6.26 Å². The van der Waals surface area contributed by atoms with Crippen molar-refractivity contribution >= 4 is 21.6 Å². The predicted octanol–water partition coefficient (Wildman–Crippen LogP) is 0.535. The Bertz CT molecular complexity index is 199. The Hall–Kier alpha value is 0.260. The monoisotopic (exact) mass is 212 g/mol. The minimum Gasteiger partial charge on any atom is -0.392 e. The lowest BCUT2D eigenvalue weighted by molar-refractivity contribution is 0.188. The Balaban J connectivity index is 3.44. The summed E-state index contributed by atoms with van der Waals surface area (Å²) in [4.78, 5) is 0. The van der Waals surface area contributed by atoms with Crippen molar-refractivity contribution < 1.29 is 13.5 Å². The van der Waals surface area contributed by atoms with Crippen molar-refractivity contribution in [1.29, 1.82) is 0 Å². The van der Waals surface area contributed by atoms with Crippen molar-refractivity contribution in [2.24, 2.45) is 0 Å². The van der Waals surface area contributed by atoms with Gasteiger partial charge in [0, 0.05) is 17.8 Å². The normalized spacial score (nSPS) is 14.6. The van der Waals surface area contributed by atoms with Gasteiger partial charge >= 0.3 is 0 Å². The van der Waals surface area contributed by atoms with Gasteiger partial charge in [0.15, 0.2) is 0 Å². The van der Waals surface area contributed by atoms with Crippen LogP contribution >= 0.6 is 11.8 Å². The molecule has 0 spiro atoms. The number of rotatable bonds is 6. The Morgan fingerprint density at radius 3 is 2.50 bits per heavy atom. The summed E-state index contributed by atoms with van der Waals surface area (Å²) in [5, 5.41) is 9.23. The summed E-state index contributed by atoms with van der Waals surface area (Å²) < 4.78 is 21.4. The Labute approximate surface area is 78.5 Å². The molecule has 0 aromatic heterocycles. The second kappa shape index (κ2) is 5.83. The highest BCUT2D eigenvalue weighted by Gasteiger charge is 2.06. The molecule has 12 heavy (non-hydrogen) atoms. The molecular weight excluding hydrogens is 196 g/mol. The van der Waals surface area contributed by atoms with Gasteiger partial charge < -0.3 is 5.11 Å². The van der Waals surface area contributed by atoms with Gasteiger partial charge in [0.25, 0.3) is 0 Å². The van der Waals surface area contributed by atoms with Gasteiger partial charge in [-0.2, -0.15) is 11.8 Å². The molecule has 1 unspecified atom stereocenters. The molecule has 0 aliphatic carbocycles. The number of sulfone groups is 1. The SMILES string of the molecule is CSCC(O)CCCS(C)(=O)=O. The van der Waals surface area contributed by atoms with E-state index in [1.54, 1.807) is 11.8 Å². The number of hydrogen-bond donors (Lipinski definition) is 1. The van der Waals surface area contributed by atoms with Crippen LogP contribution < -0.4 is 0 Å². The van der Waals surface area contributed by atoms with Crippen molar-refractivity contribution in [2.45, 2.75) is 18.9 Å². The first kappa shape index (κ1) is 12.3. The smallest absolute Gasteiger partial charge is 0.147 e. The molecule has 0 bridgehead atoms. The molecule has 1 atom stereocenters. The van der Waals surface area contributed by atoms with Gasteiger partial charge in [0.2, 0.25) is 0 Å². The molecule has 0 fully saturated rings. The summed E-state index contributed by atoms with van der Waals surface area (Å²) in [5.41, 5.74) is 0. The van der Waals surface area contributed by atoms with E-state index in [2.05, 4.69) is 0 Å². The van der Waals surface area contributed by atoms with E-state index < -0.39 is 9.84 Å². The van der Waals surface area contributed by atoms with Gasteiger partial charge in [-0.05, 0) is 19.1 Å². The second-order valence-corrected chi connectivity index (χ2v) is 6.05. The van der Waals surface area contributed by atoms with Crippen molar-refractivity contribution in [3.63, 3.8) is 0 Å². The summed E-state index contributed by atoms with van der Waals surface area (Å²) in [6.07, 6.45) is 3.91. The number of aliphatic hydroxyl groups is 1. The van der Waals surface area contributed by atoms with E-state index in [1.165, 1.54) is 6.26 Å². The first-order valence-corrected chi connectivity index (χ1v) is 7.26. The molecule has 0 aliphatic rings. The summed E-state index contributed by atoms with van der Waals surface area (Å²) in [5.74, 6) is 0.863. The number of hydrogen-bond acceptors (Lipinski definition) is 4. The molecular formula is C7H16O3S2. The van der Waals surface area contributed by atoms with Crippen LogP contribution in [0.5, 0.6) is 0 Å². The zero-order chi connectivity index (χ0) is 9.61. The molecule has 0 saturated heterocycles. The van der Waals surface area contributed by atoms with Crippen LogP contribution in [0.3, 0.4) is 0 Å². The summed E-state index contributed by atoms with van der Waals surface area (Å²) in [7, 11) is -2.85. The third-order valence-electron chi connectivity index (χ3n) is 1.41. The molecule has 1 N–H and O–H groups in total. The lowest BCUT2D eigenvalue weighted by Crippen LogP contribution is -2.12. The van der Waals surface area contributed by atoms with Gasteiger partial charge in [0.1, 0.15) is 9.84 Å². The van der Waals surface area contributed by atoms with Crippen molar-refractivity contribution in [1.82, 2.24) is 0 Å². The van der Waals surface area contributed by atoms with Gasteiger partial charge in [-0.15, -0.1) is 0 Å². The highest BCUT2D eigenvalue weighted by Crippen LogP contribution is 2.04. The second-order valence-electron chi connectivity index (χ2n) is 2.88. The quantitative estimate of drug-likeness (QED) is 0.698. The number of thioether (sulfide) groups is 1. The van der Waals surface area contributed by atoms with Gasteiger partial charge in [-0.1, -0.05) is 0 Å². The van der Waals surface area contributed by atoms with Crippen LogP contribution in [-0.2, 0) is 9.84 Å². The van der Waals surface area contributed by atoms with Crippen LogP contribution in [-0.4, -0.2) is 43.6 Å².